The number of aromatic nitrogens is 4. The van der Waals surface area contributed by atoms with Crippen LogP contribution < -0.4 is 0 Å². The Morgan fingerprint density at radius 1 is 1.18 bits per heavy atom. The second kappa shape index (κ2) is 7.00. The van der Waals surface area contributed by atoms with Crippen LogP contribution >= 0.6 is 11.8 Å². The molecule has 0 saturated heterocycles. The Kier molecular flexibility index (Phi) is 4.51. The van der Waals surface area contributed by atoms with Gasteiger partial charge in [0.05, 0.1) is 21.2 Å². The molecule has 28 heavy (non-hydrogen) atoms. The van der Waals surface area contributed by atoms with Crippen LogP contribution in [0.4, 0.5) is 14.5 Å². The third-order valence-corrected chi connectivity index (χ3v) is 4.88. The largest absolute Gasteiger partial charge is 0.419 e. The van der Waals surface area contributed by atoms with Gasteiger partial charge in [-0.05, 0) is 19.1 Å². The van der Waals surface area contributed by atoms with E-state index in [0.717, 1.165) is 12.1 Å². The van der Waals surface area contributed by atoms with Gasteiger partial charge in [-0.2, -0.15) is 0 Å². The lowest BCUT2D eigenvalue weighted by Crippen LogP contribution is -1.89. The molecule has 0 aliphatic carbocycles. The summed E-state index contributed by atoms with van der Waals surface area (Å²) < 4.78 is 32.3. The Morgan fingerprint density at radius 2 is 1.89 bits per heavy atom. The fourth-order valence-corrected chi connectivity index (χ4v) is 3.35. The number of imidazole rings is 1. The molecule has 142 valence electrons. The van der Waals surface area contributed by atoms with Crippen LogP contribution in [-0.4, -0.2) is 25.1 Å². The molecule has 0 aliphatic heterocycles. The fourth-order valence-electron chi connectivity index (χ4n) is 2.50. The van der Waals surface area contributed by atoms with Crippen LogP contribution in [0, 0.1) is 21.7 Å². The van der Waals surface area contributed by atoms with Crippen LogP contribution in [0.5, 0.6) is 0 Å². The van der Waals surface area contributed by atoms with Crippen molar-refractivity contribution in [1.82, 2.24) is 20.2 Å². The molecule has 0 saturated carbocycles. The third-order valence-electron chi connectivity index (χ3n) is 3.90. The summed E-state index contributed by atoms with van der Waals surface area (Å²) in [6, 6.07) is 7.82. The maximum absolute atomic E-state index is 13.3. The van der Waals surface area contributed by atoms with Gasteiger partial charge in [-0.15, -0.1) is 10.2 Å². The second-order valence-electron chi connectivity index (χ2n) is 5.83. The van der Waals surface area contributed by atoms with Gasteiger partial charge in [-0.25, -0.2) is 13.8 Å². The highest BCUT2D eigenvalue weighted by Gasteiger charge is 2.19. The Morgan fingerprint density at radius 3 is 2.61 bits per heavy atom. The van der Waals surface area contributed by atoms with Crippen molar-refractivity contribution in [2.75, 3.05) is 0 Å². The Balaban J connectivity index is 1.53. The molecule has 0 fully saturated rings. The van der Waals surface area contributed by atoms with Gasteiger partial charge in [-0.1, -0.05) is 11.8 Å². The number of aromatic amines is 1. The van der Waals surface area contributed by atoms with Crippen LogP contribution in [0.15, 0.2) is 46.0 Å². The van der Waals surface area contributed by atoms with Crippen molar-refractivity contribution in [3.63, 3.8) is 0 Å². The molecule has 0 radical (unpaired) electrons. The average Bonchev–Trinajstić information content (AvgIpc) is 3.29. The number of non-ortho nitro benzene ring substituents is 1. The first-order valence-corrected chi connectivity index (χ1v) is 8.88. The van der Waals surface area contributed by atoms with Crippen molar-refractivity contribution >= 4 is 28.5 Å². The van der Waals surface area contributed by atoms with Gasteiger partial charge < -0.3 is 9.40 Å². The Bertz CT molecular complexity index is 1140. The van der Waals surface area contributed by atoms with Crippen LogP contribution in [-0.2, 0) is 0 Å². The summed E-state index contributed by atoms with van der Waals surface area (Å²) in [7, 11) is 0. The van der Waals surface area contributed by atoms with Gasteiger partial charge in [0.1, 0.15) is 0 Å². The maximum atomic E-state index is 13.3. The topological polar surface area (TPSA) is 111 Å². The number of benzene rings is 2. The quantitative estimate of drug-likeness (QED) is 0.293. The molecule has 1 N–H and O–H groups in total. The lowest BCUT2D eigenvalue weighted by atomic mass is 10.2. The van der Waals surface area contributed by atoms with Gasteiger partial charge in [-0.3, -0.25) is 10.1 Å². The predicted molar refractivity (Wildman–Crippen MR) is 96.7 cm³/mol. The summed E-state index contributed by atoms with van der Waals surface area (Å²) in [5, 5.41) is 18.8. The monoisotopic (exact) mass is 403 g/mol. The summed E-state index contributed by atoms with van der Waals surface area (Å²) in [4.78, 5) is 17.4. The van der Waals surface area contributed by atoms with Crippen LogP contribution in [0.25, 0.3) is 22.5 Å². The van der Waals surface area contributed by atoms with Crippen molar-refractivity contribution in [2.45, 2.75) is 17.3 Å². The first-order valence-electron chi connectivity index (χ1n) is 8.00. The minimum atomic E-state index is -0.965. The van der Waals surface area contributed by atoms with Crippen molar-refractivity contribution in [1.29, 1.82) is 0 Å². The number of nitrogens with one attached hydrogen (secondary N) is 1. The zero-order valence-electron chi connectivity index (χ0n) is 14.2. The van der Waals surface area contributed by atoms with Gasteiger partial charge in [0.15, 0.2) is 16.8 Å². The number of fused-ring (bicyclic) bond motifs is 1. The number of nitrogens with zero attached hydrogens (tertiary/aromatic N) is 4. The van der Waals surface area contributed by atoms with Crippen LogP contribution in [0.1, 0.15) is 18.1 Å². The number of hydrogen-bond acceptors (Lipinski definition) is 7. The molecule has 2 aromatic heterocycles. The third kappa shape index (κ3) is 3.43. The number of hydrogen-bond donors (Lipinski definition) is 1. The molecule has 11 heteroatoms. The molecule has 8 nitrogen and oxygen atoms in total. The first-order chi connectivity index (χ1) is 13.4. The van der Waals surface area contributed by atoms with Crippen LogP contribution in [0.2, 0.25) is 0 Å². The van der Waals surface area contributed by atoms with E-state index in [1.807, 2.05) is 6.92 Å². The molecule has 2 aromatic carbocycles. The Hall–Kier alpha value is -3.34. The Labute approximate surface area is 160 Å². The molecule has 1 atom stereocenters. The van der Waals surface area contributed by atoms with Crippen molar-refractivity contribution < 1.29 is 18.1 Å². The smallest absolute Gasteiger partial charge is 0.269 e. The fraction of sp³-hybridized carbons (Fsp3) is 0.118. The normalized spacial score (nSPS) is 12.4. The van der Waals surface area contributed by atoms with E-state index in [-0.39, 0.29) is 16.8 Å². The lowest BCUT2D eigenvalue weighted by Gasteiger charge is -2.03. The molecule has 0 aliphatic rings. The minimum Gasteiger partial charge on any atom is -0.419 e. The molecular weight excluding hydrogens is 392 g/mol. The minimum absolute atomic E-state index is 0.0369. The number of nitro benzene ring substituents is 1. The summed E-state index contributed by atoms with van der Waals surface area (Å²) in [5.41, 5.74) is 1.21. The molecule has 0 bridgehead atoms. The van der Waals surface area contributed by atoms with Crippen molar-refractivity contribution in [3.8, 4) is 11.5 Å². The van der Waals surface area contributed by atoms with E-state index in [9.17, 15) is 18.9 Å². The molecule has 4 rings (SSSR count). The molecule has 4 aromatic rings. The van der Waals surface area contributed by atoms with Gasteiger partial charge in [0.2, 0.25) is 11.8 Å². The second-order valence-corrected chi connectivity index (χ2v) is 7.16. The highest BCUT2D eigenvalue weighted by atomic mass is 32.2. The number of rotatable bonds is 5. The molecule has 2 heterocycles. The summed E-state index contributed by atoms with van der Waals surface area (Å²) in [6.07, 6.45) is 0. The highest BCUT2D eigenvalue weighted by molar-refractivity contribution is 7.99. The molecule has 1 unspecified atom stereocenters. The highest BCUT2D eigenvalue weighted by Crippen LogP contribution is 2.35. The van der Waals surface area contributed by atoms with Gasteiger partial charge in [0, 0.05) is 29.8 Å². The molecular formula is C17H11F2N5O3S. The van der Waals surface area contributed by atoms with E-state index < -0.39 is 16.6 Å². The number of H-pyrrole nitrogens is 1. The summed E-state index contributed by atoms with van der Waals surface area (Å²) in [6.45, 7) is 1.81. The predicted octanol–water partition coefficient (Wildman–Crippen LogP) is 4.65. The van der Waals surface area contributed by atoms with E-state index in [1.54, 1.807) is 0 Å². The van der Waals surface area contributed by atoms with E-state index in [4.69, 9.17) is 4.42 Å². The average molecular weight is 403 g/mol. The number of halogens is 2. The number of thioether (sulfide) groups is 1. The van der Waals surface area contributed by atoms with Crippen molar-refractivity contribution in [3.05, 3.63) is 64.0 Å². The van der Waals surface area contributed by atoms with Gasteiger partial charge >= 0.3 is 0 Å². The first kappa shape index (κ1) is 18.0. The van der Waals surface area contributed by atoms with E-state index in [0.29, 0.717) is 27.6 Å². The number of nitro groups is 1. The zero-order valence-corrected chi connectivity index (χ0v) is 15.0. The summed E-state index contributed by atoms with van der Waals surface area (Å²) in [5.74, 6) is -1.37. The van der Waals surface area contributed by atoms with E-state index >= 15 is 0 Å². The lowest BCUT2D eigenvalue weighted by molar-refractivity contribution is -0.384. The van der Waals surface area contributed by atoms with E-state index in [2.05, 4.69) is 20.2 Å². The maximum Gasteiger partial charge on any atom is 0.269 e. The molecule has 0 spiro atoms. The van der Waals surface area contributed by atoms with Crippen LogP contribution in [0.3, 0.4) is 0 Å². The summed E-state index contributed by atoms with van der Waals surface area (Å²) >= 11 is 1.25. The standard InChI is InChI=1S/C17H11F2N5O3S/c1-8(28-17-20-13-6-11(18)12(19)7-14(13)21-17)15-22-23-16(27-15)9-2-4-10(5-3-9)24(25)26/h2-8H,1H3,(H,20,21). The zero-order chi connectivity index (χ0) is 19.8. The SMILES string of the molecule is CC(Sc1nc2cc(F)c(F)cc2[nH]1)c1nnc(-c2ccc([N+](=O)[O-])cc2)o1. The van der Waals surface area contributed by atoms with E-state index in [1.165, 1.54) is 36.0 Å². The molecule has 0 amide bonds. The van der Waals surface area contributed by atoms with Gasteiger partial charge in [0.25, 0.3) is 5.69 Å². The van der Waals surface area contributed by atoms with Crippen molar-refractivity contribution in [2.24, 2.45) is 0 Å².